The number of hydrogen-bond acceptors (Lipinski definition) is 5. The number of guanidine groups is 1. The summed E-state index contributed by atoms with van der Waals surface area (Å²) in [6.45, 7) is 1.81. The van der Waals surface area contributed by atoms with Crippen molar-refractivity contribution in [2.45, 2.75) is 32.5 Å². The highest BCUT2D eigenvalue weighted by Gasteiger charge is 2.25. The SMILES string of the molecule is CCNC(=NCc1ccc(OC)c(OC(F)F)c1)NC1CCN(c2ccccc2OC)C1. The lowest BCUT2D eigenvalue weighted by atomic mass is 10.2. The van der Waals surface area contributed by atoms with Crippen molar-refractivity contribution in [3.05, 3.63) is 48.0 Å². The van der Waals surface area contributed by atoms with Gasteiger partial charge in [-0.25, -0.2) is 4.99 Å². The summed E-state index contributed by atoms with van der Waals surface area (Å²) in [6, 6.07) is 13.1. The monoisotopic (exact) mass is 448 g/mol. The number of halogens is 2. The Morgan fingerprint density at radius 2 is 1.91 bits per heavy atom. The van der Waals surface area contributed by atoms with Crippen LogP contribution in [0.2, 0.25) is 0 Å². The van der Waals surface area contributed by atoms with E-state index in [1.54, 1.807) is 19.2 Å². The molecule has 1 aliphatic rings. The molecule has 1 saturated heterocycles. The van der Waals surface area contributed by atoms with Gasteiger partial charge in [0.15, 0.2) is 17.5 Å². The molecule has 1 atom stereocenters. The lowest BCUT2D eigenvalue weighted by Gasteiger charge is -2.22. The third kappa shape index (κ3) is 6.15. The predicted octanol–water partition coefficient (Wildman–Crippen LogP) is 3.64. The second kappa shape index (κ2) is 11.4. The van der Waals surface area contributed by atoms with E-state index in [1.165, 1.54) is 13.2 Å². The largest absolute Gasteiger partial charge is 0.495 e. The molecular formula is C23H30F2N4O3. The van der Waals surface area contributed by atoms with Gasteiger partial charge in [0.25, 0.3) is 0 Å². The molecule has 0 aliphatic carbocycles. The summed E-state index contributed by atoms with van der Waals surface area (Å²) in [4.78, 5) is 6.91. The molecule has 1 fully saturated rings. The first-order chi connectivity index (χ1) is 15.5. The van der Waals surface area contributed by atoms with Crippen molar-refractivity contribution in [1.29, 1.82) is 0 Å². The summed E-state index contributed by atoms with van der Waals surface area (Å²) in [5, 5.41) is 6.72. The van der Waals surface area contributed by atoms with E-state index in [9.17, 15) is 8.78 Å². The van der Waals surface area contributed by atoms with Crippen molar-refractivity contribution in [3.8, 4) is 17.2 Å². The van der Waals surface area contributed by atoms with Crippen LogP contribution in [-0.4, -0.2) is 52.5 Å². The van der Waals surface area contributed by atoms with Crippen LogP contribution in [0.15, 0.2) is 47.5 Å². The smallest absolute Gasteiger partial charge is 0.387 e. The Bertz CT molecular complexity index is 911. The van der Waals surface area contributed by atoms with Gasteiger partial charge in [-0.3, -0.25) is 0 Å². The molecule has 1 aliphatic heterocycles. The zero-order valence-electron chi connectivity index (χ0n) is 18.6. The molecular weight excluding hydrogens is 418 g/mol. The summed E-state index contributed by atoms with van der Waals surface area (Å²) >= 11 is 0. The van der Waals surface area contributed by atoms with Gasteiger partial charge in [-0.1, -0.05) is 18.2 Å². The van der Waals surface area contributed by atoms with Crippen LogP contribution in [0.5, 0.6) is 17.2 Å². The molecule has 0 bridgehead atoms. The van der Waals surface area contributed by atoms with E-state index in [2.05, 4.69) is 31.3 Å². The lowest BCUT2D eigenvalue weighted by Crippen LogP contribution is -2.44. The maximum Gasteiger partial charge on any atom is 0.387 e. The molecule has 0 aromatic heterocycles. The van der Waals surface area contributed by atoms with Crippen LogP contribution in [0, 0.1) is 0 Å². The van der Waals surface area contributed by atoms with Crippen molar-refractivity contribution < 1.29 is 23.0 Å². The van der Waals surface area contributed by atoms with Crippen molar-refractivity contribution in [3.63, 3.8) is 0 Å². The van der Waals surface area contributed by atoms with Crippen molar-refractivity contribution >= 4 is 11.6 Å². The number of rotatable bonds is 9. The normalized spacial score (nSPS) is 16.2. The van der Waals surface area contributed by atoms with Crippen LogP contribution in [-0.2, 0) is 6.54 Å². The quantitative estimate of drug-likeness (QED) is 0.451. The number of methoxy groups -OCH3 is 2. The minimum Gasteiger partial charge on any atom is -0.495 e. The van der Waals surface area contributed by atoms with Gasteiger partial charge >= 0.3 is 6.61 Å². The molecule has 2 N–H and O–H groups in total. The fourth-order valence-electron chi connectivity index (χ4n) is 3.68. The summed E-state index contributed by atoms with van der Waals surface area (Å²) in [6.07, 6.45) is 0.956. The summed E-state index contributed by atoms with van der Waals surface area (Å²) in [5.41, 5.74) is 1.81. The van der Waals surface area contributed by atoms with Gasteiger partial charge in [0.1, 0.15) is 5.75 Å². The van der Waals surface area contributed by atoms with Gasteiger partial charge in [0.2, 0.25) is 0 Å². The molecule has 174 valence electrons. The highest BCUT2D eigenvalue weighted by atomic mass is 19.3. The number of nitrogens with zero attached hydrogens (tertiary/aromatic N) is 2. The van der Waals surface area contributed by atoms with Gasteiger partial charge in [0.05, 0.1) is 26.5 Å². The molecule has 0 spiro atoms. The Morgan fingerprint density at radius 3 is 2.62 bits per heavy atom. The van der Waals surface area contributed by atoms with E-state index in [4.69, 9.17) is 9.47 Å². The van der Waals surface area contributed by atoms with E-state index in [-0.39, 0.29) is 17.5 Å². The Labute approximate surface area is 187 Å². The average molecular weight is 449 g/mol. The first-order valence-corrected chi connectivity index (χ1v) is 10.6. The highest BCUT2D eigenvalue weighted by molar-refractivity contribution is 5.80. The molecule has 9 heteroatoms. The standard InChI is InChI=1S/C23H30F2N4O3/c1-4-26-23(27-14-16-9-10-20(31-3)21(13-16)32-22(24)25)28-17-11-12-29(15-17)18-7-5-6-8-19(18)30-2/h5-10,13,17,22H,4,11-12,14-15H2,1-3H3,(H2,26,27,28). The van der Waals surface area contributed by atoms with Crippen molar-refractivity contribution in [2.75, 3.05) is 38.8 Å². The van der Waals surface area contributed by atoms with Gasteiger partial charge in [-0.2, -0.15) is 8.78 Å². The van der Waals surface area contributed by atoms with Gasteiger partial charge in [0, 0.05) is 25.7 Å². The van der Waals surface area contributed by atoms with Gasteiger partial charge in [-0.15, -0.1) is 0 Å². The van der Waals surface area contributed by atoms with E-state index >= 15 is 0 Å². The molecule has 1 unspecified atom stereocenters. The van der Waals surface area contributed by atoms with E-state index < -0.39 is 6.61 Å². The zero-order valence-corrected chi connectivity index (χ0v) is 18.6. The number of hydrogen-bond donors (Lipinski definition) is 2. The molecule has 1 heterocycles. The molecule has 2 aromatic rings. The topological polar surface area (TPSA) is 67.4 Å². The Morgan fingerprint density at radius 1 is 1.12 bits per heavy atom. The van der Waals surface area contributed by atoms with Crippen LogP contribution in [0.25, 0.3) is 0 Å². The third-order valence-corrected chi connectivity index (χ3v) is 5.16. The van der Waals surface area contributed by atoms with Crippen LogP contribution < -0.4 is 29.7 Å². The van der Waals surface area contributed by atoms with Gasteiger partial charge in [-0.05, 0) is 43.2 Å². The summed E-state index contributed by atoms with van der Waals surface area (Å²) in [7, 11) is 3.09. The minimum atomic E-state index is -2.92. The van der Waals surface area contributed by atoms with Crippen LogP contribution in [0.1, 0.15) is 18.9 Å². The number of nitrogens with one attached hydrogen (secondary N) is 2. The minimum absolute atomic E-state index is 0.00333. The predicted molar refractivity (Wildman–Crippen MR) is 121 cm³/mol. The second-order valence-electron chi connectivity index (χ2n) is 7.31. The number of ether oxygens (including phenoxy) is 3. The molecule has 0 amide bonds. The second-order valence-corrected chi connectivity index (χ2v) is 7.31. The van der Waals surface area contributed by atoms with E-state index in [0.717, 1.165) is 36.5 Å². The van der Waals surface area contributed by atoms with Gasteiger partial charge < -0.3 is 29.7 Å². The molecule has 0 radical (unpaired) electrons. The molecule has 0 saturated carbocycles. The fraction of sp³-hybridized carbons (Fsp3) is 0.435. The Hall–Kier alpha value is -3.23. The molecule has 2 aromatic carbocycles. The van der Waals surface area contributed by atoms with Crippen LogP contribution >= 0.6 is 0 Å². The van der Waals surface area contributed by atoms with Crippen LogP contribution in [0.3, 0.4) is 0 Å². The van der Waals surface area contributed by atoms with Crippen LogP contribution in [0.4, 0.5) is 14.5 Å². The number of para-hydroxylation sites is 2. The number of benzene rings is 2. The van der Waals surface area contributed by atoms with E-state index in [0.29, 0.717) is 19.0 Å². The Balaban J connectivity index is 1.66. The van der Waals surface area contributed by atoms with E-state index in [1.807, 2.05) is 25.1 Å². The maximum absolute atomic E-state index is 12.7. The number of aliphatic imine (C=N–C) groups is 1. The molecule has 3 rings (SSSR count). The molecule has 32 heavy (non-hydrogen) atoms. The summed E-state index contributed by atoms with van der Waals surface area (Å²) < 4.78 is 40.5. The molecule has 7 nitrogen and oxygen atoms in total. The first-order valence-electron chi connectivity index (χ1n) is 10.6. The Kier molecular flexibility index (Phi) is 8.35. The lowest BCUT2D eigenvalue weighted by molar-refractivity contribution is -0.0512. The van der Waals surface area contributed by atoms with Crippen molar-refractivity contribution in [1.82, 2.24) is 10.6 Å². The number of anilines is 1. The van der Waals surface area contributed by atoms with Crippen molar-refractivity contribution in [2.24, 2.45) is 4.99 Å². The third-order valence-electron chi connectivity index (χ3n) is 5.16. The highest BCUT2D eigenvalue weighted by Crippen LogP contribution is 2.31. The zero-order chi connectivity index (χ0) is 22.9. The maximum atomic E-state index is 12.7. The fourth-order valence-corrected chi connectivity index (χ4v) is 3.68. The number of alkyl halides is 2. The average Bonchev–Trinajstić information content (AvgIpc) is 3.25. The first kappa shape index (κ1) is 23.4. The summed E-state index contributed by atoms with van der Waals surface area (Å²) in [5.74, 6) is 1.78.